The number of ether oxygens (including phenoxy) is 2. The minimum atomic E-state index is -0.903. The molecule has 0 aromatic heterocycles. The summed E-state index contributed by atoms with van der Waals surface area (Å²) < 4.78 is 10.8. The standard InChI is InChI=1S/C18H25NO5/c1-5-23-13-8-6-12(7-9-13)14-10-19(11-15(14)16(20)21)17(22)24-18(2,3)4/h6-9,14-15H,5,10-11H2,1-4H3,(H,20,21)/t14-,15-/m0/s1. The average Bonchev–Trinajstić information content (AvgIpc) is 2.92. The Kier molecular flexibility index (Phi) is 5.36. The molecule has 0 bridgehead atoms. The van der Waals surface area contributed by atoms with E-state index in [4.69, 9.17) is 9.47 Å². The van der Waals surface area contributed by atoms with Gasteiger partial charge in [0.25, 0.3) is 0 Å². The lowest BCUT2D eigenvalue weighted by Crippen LogP contribution is -2.35. The van der Waals surface area contributed by atoms with Gasteiger partial charge in [-0.3, -0.25) is 4.79 Å². The van der Waals surface area contributed by atoms with E-state index in [0.29, 0.717) is 13.2 Å². The van der Waals surface area contributed by atoms with Gasteiger partial charge in [-0.1, -0.05) is 12.1 Å². The molecule has 6 heteroatoms. The topological polar surface area (TPSA) is 76.1 Å². The molecule has 1 aromatic rings. The zero-order valence-electron chi connectivity index (χ0n) is 14.6. The smallest absolute Gasteiger partial charge is 0.410 e. The molecule has 24 heavy (non-hydrogen) atoms. The summed E-state index contributed by atoms with van der Waals surface area (Å²) in [5.74, 6) is -1.06. The van der Waals surface area contributed by atoms with E-state index in [2.05, 4.69) is 0 Å². The Morgan fingerprint density at radius 2 is 1.83 bits per heavy atom. The van der Waals surface area contributed by atoms with Crippen LogP contribution in [0, 0.1) is 5.92 Å². The molecule has 1 aromatic carbocycles. The Balaban J connectivity index is 2.15. The Labute approximate surface area is 142 Å². The van der Waals surface area contributed by atoms with Crippen LogP contribution < -0.4 is 4.74 Å². The Morgan fingerprint density at radius 3 is 2.33 bits per heavy atom. The summed E-state index contributed by atoms with van der Waals surface area (Å²) in [6.45, 7) is 8.34. The number of amides is 1. The van der Waals surface area contributed by atoms with Gasteiger partial charge in [0.05, 0.1) is 12.5 Å². The molecule has 0 saturated carbocycles. The van der Waals surface area contributed by atoms with Crippen molar-refractivity contribution in [1.29, 1.82) is 0 Å². The van der Waals surface area contributed by atoms with Crippen molar-refractivity contribution >= 4 is 12.1 Å². The fourth-order valence-electron chi connectivity index (χ4n) is 2.85. The zero-order chi connectivity index (χ0) is 17.9. The predicted molar refractivity (Wildman–Crippen MR) is 89.3 cm³/mol. The van der Waals surface area contributed by atoms with Crippen LogP contribution in [0.1, 0.15) is 39.2 Å². The summed E-state index contributed by atoms with van der Waals surface area (Å²) in [7, 11) is 0. The van der Waals surface area contributed by atoms with Crippen molar-refractivity contribution in [2.45, 2.75) is 39.2 Å². The summed E-state index contributed by atoms with van der Waals surface area (Å²) >= 11 is 0. The third-order valence-corrected chi connectivity index (χ3v) is 3.91. The van der Waals surface area contributed by atoms with Crippen molar-refractivity contribution in [3.05, 3.63) is 29.8 Å². The van der Waals surface area contributed by atoms with Crippen LogP contribution >= 0.6 is 0 Å². The van der Waals surface area contributed by atoms with Crippen LogP contribution in [0.2, 0.25) is 0 Å². The number of carbonyl (C=O) groups is 2. The van der Waals surface area contributed by atoms with Gasteiger partial charge < -0.3 is 19.5 Å². The van der Waals surface area contributed by atoms with E-state index >= 15 is 0 Å². The highest BCUT2D eigenvalue weighted by Crippen LogP contribution is 2.34. The quantitative estimate of drug-likeness (QED) is 0.915. The second kappa shape index (κ2) is 7.11. The molecule has 132 valence electrons. The lowest BCUT2D eigenvalue weighted by atomic mass is 9.89. The minimum absolute atomic E-state index is 0.155. The van der Waals surface area contributed by atoms with Gasteiger partial charge in [0.15, 0.2) is 0 Å². The van der Waals surface area contributed by atoms with Gasteiger partial charge in [0, 0.05) is 19.0 Å². The molecular formula is C18H25NO5. The second-order valence-corrected chi connectivity index (χ2v) is 6.94. The molecule has 2 rings (SSSR count). The Hall–Kier alpha value is -2.24. The number of carboxylic acids is 1. The number of likely N-dealkylation sites (tertiary alicyclic amines) is 1. The van der Waals surface area contributed by atoms with E-state index in [1.165, 1.54) is 4.90 Å². The zero-order valence-corrected chi connectivity index (χ0v) is 14.6. The predicted octanol–water partition coefficient (Wildman–Crippen LogP) is 3.12. The van der Waals surface area contributed by atoms with Crippen LogP contribution in [0.25, 0.3) is 0 Å². The largest absolute Gasteiger partial charge is 0.494 e. The number of hydrogen-bond acceptors (Lipinski definition) is 4. The van der Waals surface area contributed by atoms with E-state index in [-0.39, 0.29) is 12.5 Å². The third kappa shape index (κ3) is 4.40. The SMILES string of the molecule is CCOc1ccc([C@@H]2CN(C(=O)OC(C)(C)C)C[C@@H]2C(=O)O)cc1. The lowest BCUT2D eigenvalue weighted by molar-refractivity contribution is -0.141. The molecule has 1 fully saturated rings. The maximum atomic E-state index is 12.2. The van der Waals surface area contributed by atoms with Crippen LogP contribution in [0.3, 0.4) is 0 Å². The molecule has 2 atom stereocenters. The maximum Gasteiger partial charge on any atom is 0.410 e. The van der Waals surface area contributed by atoms with E-state index in [9.17, 15) is 14.7 Å². The molecule has 1 heterocycles. The second-order valence-electron chi connectivity index (χ2n) is 6.94. The van der Waals surface area contributed by atoms with Crippen LogP contribution in [-0.4, -0.2) is 47.4 Å². The normalized spacial score (nSPS) is 20.8. The molecule has 1 N–H and O–H groups in total. The van der Waals surface area contributed by atoms with Crippen molar-refractivity contribution in [3.8, 4) is 5.75 Å². The number of hydrogen-bond donors (Lipinski definition) is 1. The summed E-state index contributed by atoms with van der Waals surface area (Å²) in [4.78, 5) is 25.3. The molecule has 0 aliphatic carbocycles. The molecule has 1 aliphatic rings. The number of carbonyl (C=O) groups excluding carboxylic acids is 1. The first-order valence-corrected chi connectivity index (χ1v) is 8.14. The Bertz CT molecular complexity index is 590. The van der Waals surface area contributed by atoms with E-state index in [0.717, 1.165) is 11.3 Å². The first-order chi connectivity index (χ1) is 11.2. The molecule has 1 amide bonds. The highest BCUT2D eigenvalue weighted by Gasteiger charge is 2.41. The molecule has 6 nitrogen and oxygen atoms in total. The molecule has 0 unspecified atom stereocenters. The van der Waals surface area contributed by atoms with Crippen LogP contribution in [0.4, 0.5) is 4.79 Å². The van der Waals surface area contributed by atoms with Crippen molar-refractivity contribution in [3.63, 3.8) is 0 Å². The number of aliphatic carboxylic acids is 1. The first kappa shape index (κ1) is 18.1. The average molecular weight is 335 g/mol. The number of rotatable bonds is 4. The summed E-state index contributed by atoms with van der Waals surface area (Å²) in [6, 6.07) is 7.39. The van der Waals surface area contributed by atoms with E-state index < -0.39 is 23.6 Å². The van der Waals surface area contributed by atoms with Gasteiger partial charge >= 0.3 is 12.1 Å². The monoisotopic (exact) mass is 335 g/mol. The van der Waals surface area contributed by atoms with Crippen LogP contribution in [-0.2, 0) is 9.53 Å². The van der Waals surface area contributed by atoms with Gasteiger partial charge in [0.1, 0.15) is 11.4 Å². The van der Waals surface area contributed by atoms with E-state index in [1.54, 1.807) is 20.8 Å². The molecule has 0 radical (unpaired) electrons. The number of benzene rings is 1. The van der Waals surface area contributed by atoms with Gasteiger partial charge in [0.2, 0.25) is 0 Å². The fourth-order valence-corrected chi connectivity index (χ4v) is 2.85. The van der Waals surface area contributed by atoms with Crippen molar-refractivity contribution in [2.24, 2.45) is 5.92 Å². The first-order valence-electron chi connectivity index (χ1n) is 8.14. The number of carboxylic acid groups (broad SMARTS) is 1. The molecule has 1 saturated heterocycles. The molecule has 1 aliphatic heterocycles. The summed E-state index contributed by atoms with van der Waals surface area (Å²) in [6.07, 6.45) is -0.470. The van der Waals surface area contributed by atoms with Gasteiger partial charge in [-0.25, -0.2) is 4.79 Å². The molecular weight excluding hydrogens is 310 g/mol. The van der Waals surface area contributed by atoms with Crippen LogP contribution in [0.15, 0.2) is 24.3 Å². The van der Waals surface area contributed by atoms with Crippen LogP contribution in [0.5, 0.6) is 5.75 Å². The maximum absolute atomic E-state index is 12.2. The highest BCUT2D eigenvalue weighted by atomic mass is 16.6. The summed E-state index contributed by atoms with van der Waals surface area (Å²) in [5, 5.41) is 9.51. The third-order valence-electron chi connectivity index (χ3n) is 3.91. The van der Waals surface area contributed by atoms with Gasteiger partial charge in [-0.05, 0) is 45.4 Å². The van der Waals surface area contributed by atoms with Gasteiger partial charge in [-0.2, -0.15) is 0 Å². The Morgan fingerprint density at radius 1 is 1.21 bits per heavy atom. The summed E-state index contributed by atoms with van der Waals surface area (Å²) in [5.41, 5.74) is 0.282. The highest BCUT2D eigenvalue weighted by molar-refractivity contribution is 5.76. The van der Waals surface area contributed by atoms with Gasteiger partial charge in [-0.15, -0.1) is 0 Å². The number of nitrogens with zero attached hydrogens (tertiary/aromatic N) is 1. The van der Waals surface area contributed by atoms with Crippen molar-refractivity contribution < 1.29 is 24.2 Å². The molecule has 0 spiro atoms. The minimum Gasteiger partial charge on any atom is -0.494 e. The lowest BCUT2D eigenvalue weighted by Gasteiger charge is -2.24. The van der Waals surface area contributed by atoms with Crippen molar-refractivity contribution in [2.75, 3.05) is 19.7 Å². The van der Waals surface area contributed by atoms with Crippen molar-refractivity contribution in [1.82, 2.24) is 4.90 Å². The van der Waals surface area contributed by atoms with E-state index in [1.807, 2.05) is 31.2 Å². The fraction of sp³-hybridized carbons (Fsp3) is 0.556.